The summed E-state index contributed by atoms with van der Waals surface area (Å²) in [6, 6.07) is 5.17. The standard InChI is InChI=1S/C14H19FN2S/c1-9(10-4-2-3-5-10)17-13-7-6-11(14(16)18)8-12(13)15/h6-10,17H,2-5H2,1H3,(H2,16,18). The van der Waals surface area contributed by atoms with E-state index in [0.29, 0.717) is 23.2 Å². The Morgan fingerprint density at radius 3 is 2.67 bits per heavy atom. The first-order chi connectivity index (χ1) is 8.58. The number of benzene rings is 1. The average Bonchev–Trinajstić information content (AvgIpc) is 2.85. The molecule has 1 unspecified atom stereocenters. The lowest BCUT2D eigenvalue weighted by Crippen LogP contribution is -2.24. The zero-order chi connectivity index (χ0) is 13.1. The van der Waals surface area contributed by atoms with Crippen molar-refractivity contribution in [3.8, 4) is 0 Å². The summed E-state index contributed by atoms with van der Waals surface area (Å²) in [7, 11) is 0. The molecule has 0 heterocycles. The van der Waals surface area contributed by atoms with Crippen molar-refractivity contribution in [2.75, 3.05) is 5.32 Å². The van der Waals surface area contributed by atoms with E-state index in [2.05, 4.69) is 12.2 Å². The van der Waals surface area contributed by atoms with Crippen molar-refractivity contribution in [1.29, 1.82) is 0 Å². The van der Waals surface area contributed by atoms with E-state index in [9.17, 15) is 4.39 Å². The highest BCUT2D eigenvalue weighted by molar-refractivity contribution is 7.80. The molecule has 1 saturated carbocycles. The van der Waals surface area contributed by atoms with E-state index in [1.54, 1.807) is 12.1 Å². The molecule has 1 aromatic carbocycles. The molecule has 1 aliphatic carbocycles. The summed E-state index contributed by atoms with van der Waals surface area (Å²) in [5, 5.41) is 3.26. The van der Waals surface area contributed by atoms with Crippen molar-refractivity contribution in [1.82, 2.24) is 0 Å². The van der Waals surface area contributed by atoms with Crippen LogP contribution in [0.4, 0.5) is 10.1 Å². The van der Waals surface area contributed by atoms with E-state index in [1.807, 2.05) is 0 Å². The minimum atomic E-state index is -0.287. The summed E-state index contributed by atoms with van der Waals surface area (Å²) in [5.41, 5.74) is 6.59. The van der Waals surface area contributed by atoms with Crippen LogP contribution < -0.4 is 11.1 Å². The largest absolute Gasteiger partial charge is 0.389 e. The van der Waals surface area contributed by atoms with Gasteiger partial charge in [-0.25, -0.2) is 4.39 Å². The monoisotopic (exact) mass is 266 g/mol. The summed E-state index contributed by atoms with van der Waals surface area (Å²) in [6.45, 7) is 2.12. The van der Waals surface area contributed by atoms with Gasteiger partial charge in [0.05, 0.1) is 5.69 Å². The third-order valence-corrected chi connectivity index (χ3v) is 3.98. The van der Waals surface area contributed by atoms with Crippen LogP contribution in [0.2, 0.25) is 0 Å². The van der Waals surface area contributed by atoms with Crippen molar-refractivity contribution < 1.29 is 4.39 Å². The highest BCUT2D eigenvalue weighted by atomic mass is 32.1. The Kier molecular flexibility index (Phi) is 4.17. The molecule has 2 rings (SSSR count). The molecule has 0 radical (unpaired) electrons. The first-order valence-electron chi connectivity index (χ1n) is 6.44. The van der Waals surface area contributed by atoms with Crippen LogP contribution in [0.1, 0.15) is 38.2 Å². The van der Waals surface area contributed by atoms with Gasteiger partial charge in [-0.1, -0.05) is 25.1 Å². The quantitative estimate of drug-likeness (QED) is 0.820. The molecule has 2 nitrogen and oxygen atoms in total. The Bertz CT molecular complexity index is 441. The van der Waals surface area contributed by atoms with Gasteiger partial charge in [-0.05, 0) is 43.9 Å². The lowest BCUT2D eigenvalue weighted by Gasteiger charge is -2.22. The smallest absolute Gasteiger partial charge is 0.146 e. The van der Waals surface area contributed by atoms with Crippen molar-refractivity contribution in [3.63, 3.8) is 0 Å². The number of hydrogen-bond acceptors (Lipinski definition) is 2. The van der Waals surface area contributed by atoms with E-state index < -0.39 is 0 Å². The molecule has 0 spiro atoms. The van der Waals surface area contributed by atoms with Crippen molar-refractivity contribution in [2.24, 2.45) is 11.7 Å². The third-order valence-electron chi connectivity index (χ3n) is 3.74. The normalized spacial score (nSPS) is 17.7. The number of nitrogens with two attached hydrogens (primary N) is 1. The lowest BCUT2D eigenvalue weighted by atomic mass is 9.99. The van der Waals surface area contributed by atoms with Crippen LogP contribution in [0.3, 0.4) is 0 Å². The molecule has 0 aromatic heterocycles. The fourth-order valence-electron chi connectivity index (χ4n) is 2.61. The molecule has 0 amide bonds. The number of hydrogen-bond donors (Lipinski definition) is 2. The summed E-state index contributed by atoms with van der Waals surface area (Å²) >= 11 is 4.83. The first-order valence-corrected chi connectivity index (χ1v) is 6.84. The van der Waals surface area contributed by atoms with Gasteiger partial charge in [-0.3, -0.25) is 0 Å². The topological polar surface area (TPSA) is 38.0 Å². The number of thiocarbonyl (C=S) groups is 1. The molecule has 1 aromatic rings. The molecule has 1 aliphatic rings. The fraction of sp³-hybridized carbons (Fsp3) is 0.500. The number of anilines is 1. The van der Waals surface area contributed by atoms with Crippen LogP contribution in [0.25, 0.3) is 0 Å². The Labute approximate surface area is 113 Å². The van der Waals surface area contributed by atoms with Gasteiger partial charge in [0.25, 0.3) is 0 Å². The zero-order valence-corrected chi connectivity index (χ0v) is 11.4. The Balaban J connectivity index is 2.06. The molecular weight excluding hydrogens is 247 g/mol. The van der Waals surface area contributed by atoms with Crippen LogP contribution in [0.5, 0.6) is 0 Å². The van der Waals surface area contributed by atoms with Crippen LogP contribution in [-0.4, -0.2) is 11.0 Å². The Morgan fingerprint density at radius 1 is 1.44 bits per heavy atom. The number of nitrogens with one attached hydrogen (secondary N) is 1. The van der Waals surface area contributed by atoms with Gasteiger partial charge >= 0.3 is 0 Å². The van der Waals surface area contributed by atoms with E-state index >= 15 is 0 Å². The lowest BCUT2D eigenvalue weighted by molar-refractivity contribution is 0.479. The van der Waals surface area contributed by atoms with Crippen LogP contribution >= 0.6 is 12.2 Å². The van der Waals surface area contributed by atoms with E-state index in [0.717, 1.165) is 0 Å². The maximum absolute atomic E-state index is 13.9. The van der Waals surface area contributed by atoms with Crippen molar-refractivity contribution in [2.45, 2.75) is 38.6 Å². The van der Waals surface area contributed by atoms with Crippen LogP contribution in [-0.2, 0) is 0 Å². The highest BCUT2D eigenvalue weighted by Crippen LogP contribution is 2.29. The predicted octanol–water partition coefficient (Wildman–Crippen LogP) is 3.45. The zero-order valence-electron chi connectivity index (χ0n) is 10.6. The minimum absolute atomic E-state index is 0.226. The van der Waals surface area contributed by atoms with Crippen molar-refractivity contribution in [3.05, 3.63) is 29.6 Å². The van der Waals surface area contributed by atoms with E-state index in [1.165, 1.54) is 31.7 Å². The molecule has 98 valence electrons. The average molecular weight is 266 g/mol. The molecule has 3 N–H and O–H groups in total. The Morgan fingerprint density at radius 2 is 2.11 bits per heavy atom. The molecule has 18 heavy (non-hydrogen) atoms. The second kappa shape index (κ2) is 5.65. The maximum Gasteiger partial charge on any atom is 0.146 e. The molecule has 1 fully saturated rings. The SMILES string of the molecule is CC(Nc1ccc(C(N)=S)cc1F)C1CCCC1. The second-order valence-electron chi connectivity index (χ2n) is 5.04. The Hall–Kier alpha value is -1.16. The minimum Gasteiger partial charge on any atom is -0.389 e. The van der Waals surface area contributed by atoms with E-state index in [-0.39, 0.29) is 10.8 Å². The van der Waals surface area contributed by atoms with Gasteiger partial charge < -0.3 is 11.1 Å². The summed E-state index contributed by atoms with van der Waals surface area (Å²) < 4.78 is 13.9. The van der Waals surface area contributed by atoms with Gasteiger partial charge in [0.1, 0.15) is 10.8 Å². The summed E-state index contributed by atoms with van der Waals surface area (Å²) in [6.07, 6.45) is 5.06. The molecule has 1 atom stereocenters. The van der Waals surface area contributed by atoms with Gasteiger partial charge in [0, 0.05) is 11.6 Å². The predicted molar refractivity (Wildman–Crippen MR) is 77.3 cm³/mol. The van der Waals surface area contributed by atoms with Gasteiger partial charge in [0.15, 0.2) is 0 Å². The highest BCUT2D eigenvalue weighted by Gasteiger charge is 2.22. The van der Waals surface area contributed by atoms with Gasteiger partial charge in [-0.15, -0.1) is 0 Å². The van der Waals surface area contributed by atoms with Crippen LogP contribution in [0.15, 0.2) is 18.2 Å². The fourth-order valence-corrected chi connectivity index (χ4v) is 2.73. The molecular formula is C14H19FN2S. The molecule has 0 saturated heterocycles. The molecule has 0 aliphatic heterocycles. The number of rotatable bonds is 4. The third kappa shape index (κ3) is 2.99. The molecule has 0 bridgehead atoms. The summed E-state index contributed by atoms with van der Waals surface area (Å²) in [5.74, 6) is 0.366. The molecule has 4 heteroatoms. The van der Waals surface area contributed by atoms with E-state index in [4.69, 9.17) is 18.0 Å². The first kappa shape index (κ1) is 13.3. The van der Waals surface area contributed by atoms with Gasteiger partial charge in [0.2, 0.25) is 0 Å². The summed E-state index contributed by atoms with van der Waals surface area (Å²) in [4.78, 5) is 0.226. The van der Waals surface area contributed by atoms with Gasteiger partial charge in [-0.2, -0.15) is 0 Å². The maximum atomic E-state index is 13.9. The number of halogens is 1. The van der Waals surface area contributed by atoms with Crippen molar-refractivity contribution >= 4 is 22.9 Å². The van der Waals surface area contributed by atoms with Crippen LogP contribution in [0, 0.1) is 11.7 Å². The second-order valence-corrected chi connectivity index (χ2v) is 5.48.